The van der Waals surface area contributed by atoms with Crippen LogP contribution in [0.1, 0.15) is 38.8 Å². The van der Waals surface area contributed by atoms with Gasteiger partial charge >= 0.3 is 0 Å². The predicted octanol–water partition coefficient (Wildman–Crippen LogP) is 2.79. The van der Waals surface area contributed by atoms with E-state index in [1.54, 1.807) is 6.92 Å². The minimum atomic E-state index is -0.568. The van der Waals surface area contributed by atoms with E-state index < -0.39 is 11.5 Å². The van der Waals surface area contributed by atoms with Crippen molar-refractivity contribution >= 4 is 17.5 Å². The molecule has 0 heterocycles. The third-order valence-electron chi connectivity index (χ3n) is 3.28. The lowest BCUT2D eigenvalue weighted by Crippen LogP contribution is -2.46. The van der Waals surface area contributed by atoms with Crippen LogP contribution in [0.4, 0.5) is 5.69 Å². The summed E-state index contributed by atoms with van der Waals surface area (Å²) in [5.41, 5.74) is 2.43. The van der Waals surface area contributed by atoms with E-state index in [0.717, 1.165) is 16.8 Å². The minimum Gasteiger partial charge on any atom is -0.344 e. The number of carbonyl (C=O) groups is 2. The molecule has 0 fully saturated rings. The summed E-state index contributed by atoms with van der Waals surface area (Å²) in [6, 6.07) is 5.19. The van der Waals surface area contributed by atoms with E-state index in [1.807, 2.05) is 52.8 Å². The summed E-state index contributed by atoms with van der Waals surface area (Å²) in [7, 11) is 0. The quantitative estimate of drug-likeness (QED) is 0.892. The third-order valence-corrected chi connectivity index (χ3v) is 3.28. The van der Waals surface area contributed by atoms with Crippen LogP contribution in [0.2, 0.25) is 0 Å². The van der Waals surface area contributed by atoms with E-state index in [4.69, 9.17) is 0 Å². The number of anilines is 1. The SMILES string of the molecule is Cc1cccc(NC(=O)C(C)NC(=O)C(C)(C)C)c1C. The molecule has 1 aromatic carbocycles. The van der Waals surface area contributed by atoms with E-state index in [-0.39, 0.29) is 11.8 Å². The van der Waals surface area contributed by atoms with Crippen LogP contribution in [0, 0.1) is 19.3 Å². The van der Waals surface area contributed by atoms with Gasteiger partial charge in [-0.1, -0.05) is 32.9 Å². The Labute approximate surface area is 121 Å². The molecule has 0 aliphatic carbocycles. The lowest BCUT2D eigenvalue weighted by Gasteiger charge is -2.21. The summed E-state index contributed by atoms with van der Waals surface area (Å²) < 4.78 is 0. The molecule has 4 heteroatoms. The van der Waals surface area contributed by atoms with Gasteiger partial charge in [0, 0.05) is 11.1 Å². The maximum Gasteiger partial charge on any atom is 0.246 e. The fraction of sp³-hybridized carbons (Fsp3) is 0.500. The number of amides is 2. The Balaban J connectivity index is 2.72. The van der Waals surface area contributed by atoms with Gasteiger partial charge in [0.15, 0.2) is 0 Å². The molecule has 4 nitrogen and oxygen atoms in total. The van der Waals surface area contributed by atoms with Crippen LogP contribution in [0.3, 0.4) is 0 Å². The van der Waals surface area contributed by atoms with Gasteiger partial charge < -0.3 is 10.6 Å². The molecule has 110 valence electrons. The first kappa shape index (κ1) is 16.2. The van der Waals surface area contributed by atoms with Gasteiger partial charge in [-0.2, -0.15) is 0 Å². The molecule has 0 spiro atoms. The van der Waals surface area contributed by atoms with Crippen molar-refractivity contribution in [2.45, 2.75) is 47.6 Å². The fourth-order valence-electron chi connectivity index (χ4n) is 1.61. The minimum absolute atomic E-state index is 0.138. The normalized spacial score (nSPS) is 12.7. The number of carbonyl (C=O) groups excluding carboxylic acids is 2. The average Bonchev–Trinajstić information content (AvgIpc) is 2.33. The summed E-state index contributed by atoms with van der Waals surface area (Å²) in [6.07, 6.45) is 0. The van der Waals surface area contributed by atoms with Crippen LogP contribution in [-0.4, -0.2) is 17.9 Å². The van der Waals surface area contributed by atoms with E-state index >= 15 is 0 Å². The van der Waals surface area contributed by atoms with Gasteiger partial charge in [0.1, 0.15) is 6.04 Å². The molecule has 20 heavy (non-hydrogen) atoms. The van der Waals surface area contributed by atoms with Crippen molar-refractivity contribution in [1.82, 2.24) is 5.32 Å². The molecular formula is C16H24N2O2. The molecule has 0 saturated heterocycles. The largest absolute Gasteiger partial charge is 0.344 e. The summed E-state index contributed by atoms with van der Waals surface area (Å²) in [4.78, 5) is 24.0. The Morgan fingerprint density at radius 1 is 1.15 bits per heavy atom. The first-order chi connectivity index (χ1) is 9.12. The van der Waals surface area contributed by atoms with Gasteiger partial charge in [-0.25, -0.2) is 0 Å². The molecule has 1 rings (SSSR count). The van der Waals surface area contributed by atoms with E-state index in [9.17, 15) is 9.59 Å². The molecule has 1 unspecified atom stereocenters. The first-order valence-corrected chi connectivity index (χ1v) is 6.81. The standard InChI is InChI=1S/C16H24N2O2/c1-10-8-7-9-13(11(10)2)18-14(19)12(3)17-15(20)16(4,5)6/h7-9,12H,1-6H3,(H,17,20)(H,18,19). The smallest absolute Gasteiger partial charge is 0.246 e. The first-order valence-electron chi connectivity index (χ1n) is 6.81. The summed E-state index contributed by atoms with van der Waals surface area (Å²) in [5, 5.41) is 5.58. The van der Waals surface area contributed by atoms with Gasteiger partial charge in [-0.3, -0.25) is 9.59 Å². The number of rotatable bonds is 3. The highest BCUT2D eigenvalue weighted by atomic mass is 16.2. The Hall–Kier alpha value is -1.84. The van der Waals surface area contributed by atoms with Crippen molar-refractivity contribution in [2.24, 2.45) is 5.41 Å². The fourth-order valence-corrected chi connectivity index (χ4v) is 1.61. The summed E-state index contributed by atoms with van der Waals surface area (Å²) in [5.74, 6) is -0.350. The van der Waals surface area contributed by atoms with Crippen LogP contribution in [0.5, 0.6) is 0 Å². The Morgan fingerprint density at radius 2 is 1.75 bits per heavy atom. The lowest BCUT2D eigenvalue weighted by molar-refractivity contribution is -0.131. The highest BCUT2D eigenvalue weighted by Crippen LogP contribution is 2.18. The summed E-state index contributed by atoms with van der Waals surface area (Å²) >= 11 is 0. The lowest BCUT2D eigenvalue weighted by atomic mass is 9.95. The van der Waals surface area contributed by atoms with Crippen molar-refractivity contribution in [1.29, 1.82) is 0 Å². The molecule has 0 bridgehead atoms. The van der Waals surface area contributed by atoms with Crippen molar-refractivity contribution in [3.63, 3.8) is 0 Å². The van der Waals surface area contributed by atoms with Crippen molar-refractivity contribution in [3.8, 4) is 0 Å². The Bertz CT molecular complexity index is 516. The van der Waals surface area contributed by atoms with Gasteiger partial charge in [-0.05, 0) is 38.0 Å². The molecule has 2 N–H and O–H groups in total. The van der Waals surface area contributed by atoms with Gasteiger partial charge in [-0.15, -0.1) is 0 Å². The third kappa shape index (κ3) is 4.08. The van der Waals surface area contributed by atoms with E-state index in [2.05, 4.69) is 10.6 Å². The van der Waals surface area contributed by atoms with Gasteiger partial charge in [0.05, 0.1) is 0 Å². The van der Waals surface area contributed by atoms with E-state index in [1.165, 1.54) is 0 Å². The zero-order valence-corrected chi connectivity index (χ0v) is 13.1. The number of nitrogens with one attached hydrogen (secondary N) is 2. The zero-order chi connectivity index (χ0) is 15.5. The second kappa shape index (κ2) is 6.07. The summed E-state index contributed by atoms with van der Waals surface area (Å²) in [6.45, 7) is 11.1. The maximum absolute atomic E-state index is 12.1. The predicted molar refractivity (Wildman–Crippen MR) is 81.6 cm³/mol. The number of aryl methyl sites for hydroxylation is 1. The van der Waals surface area contributed by atoms with Crippen molar-refractivity contribution in [2.75, 3.05) is 5.32 Å². The monoisotopic (exact) mass is 276 g/mol. The number of hydrogen-bond donors (Lipinski definition) is 2. The average molecular weight is 276 g/mol. The highest BCUT2D eigenvalue weighted by molar-refractivity contribution is 5.98. The topological polar surface area (TPSA) is 58.2 Å². The second-order valence-electron chi connectivity index (χ2n) is 6.18. The molecule has 0 aliphatic rings. The van der Waals surface area contributed by atoms with Gasteiger partial charge in [0.25, 0.3) is 0 Å². The molecule has 0 saturated carbocycles. The Kier molecular flexibility index (Phi) is 4.93. The molecule has 0 aliphatic heterocycles. The second-order valence-corrected chi connectivity index (χ2v) is 6.18. The van der Waals surface area contributed by atoms with Crippen molar-refractivity contribution in [3.05, 3.63) is 29.3 Å². The molecule has 2 amide bonds. The van der Waals surface area contributed by atoms with Crippen LogP contribution in [-0.2, 0) is 9.59 Å². The molecule has 1 aromatic rings. The molecular weight excluding hydrogens is 252 g/mol. The van der Waals surface area contributed by atoms with Crippen molar-refractivity contribution < 1.29 is 9.59 Å². The number of benzene rings is 1. The molecule has 1 atom stereocenters. The van der Waals surface area contributed by atoms with E-state index in [0.29, 0.717) is 0 Å². The van der Waals surface area contributed by atoms with Gasteiger partial charge in [0.2, 0.25) is 11.8 Å². The highest BCUT2D eigenvalue weighted by Gasteiger charge is 2.25. The zero-order valence-electron chi connectivity index (χ0n) is 13.1. The van der Waals surface area contributed by atoms with Crippen LogP contribution >= 0.6 is 0 Å². The molecule has 0 aromatic heterocycles. The molecule has 0 radical (unpaired) electrons. The number of hydrogen-bond acceptors (Lipinski definition) is 2. The maximum atomic E-state index is 12.1. The van der Waals surface area contributed by atoms with Crippen LogP contribution < -0.4 is 10.6 Å². The van der Waals surface area contributed by atoms with Crippen LogP contribution in [0.15, 0.2) is 18.2 Å². The Morgan fingerprint density at radius 3 is 2.30 bits per heavy atom. The van der Waals surface area contributed by atoms with Crippen LogP contribution in [0.25, 0.3) is 0 Å².